The van der Waals surface area contributed by atoms with Crippen LogP contribution >= 0.6 is 0 Å². The molecule has 2 aromatic rings. The summed E-state index contributed by atoms with van der Waals surface area (Å²) >= 11 is 0. The topological polar surface area (TPSA) is 81.9 Å². The van der Waals surface area contributed by atoms with Crippen LogP contribution in [0.1, 0.15) is 23.0 Å². The van der Waals surface area contributed by atoms with E-state index in [1.54, 1.807) is 10.7 Å². The molecule has 0 amide bonds. The van der Waals surface area contributed by atoms with Crippen LogP contribution in [0.2, 0.25) is 0 Å². The SMILES string of the molecule is Cc1cc(CC(NN)c2cc(F)ccc2N)n(C)n1. The van der Waals surface area contributed by atoms with Crippen molar-refractivity contribution >= 4 is 5.69 Å². The molecule has 1 aromatic heterocycles. The molecule has 0 aliphatic heterocycles. The highest BCUT2D eigenvalue weighted by molar-refractivity contribution is 5.48. The maximum absolute atomic E-state index is 13.3. The molecule has 0 fully saturated rings. The molecule has 19 heavy (non-hydrogen) atoms. The number of hydrogen-bond donors (Lipinski definition) is 3. The van der Waals surface area contributed by atoms with E-state index >= 15 is 0 Å². The Labute approximate surface area is 111 Å². The number of halogens is 1. The van der Waals surface area contributed by atoms with Crippen molar-refractivity contribution in [2.45, 2.75) is 19.4 Å². The molecule has 0 radical (unpaired) electrons. The van der Waals surface area contributed by atoms with Crippen molar-refractivity contribution in [1.82, 2.24) is 15.2 Å². The smallest absolute Gasteiger partial charge is 0.123 e. The fraction of sp³-hybridized carbons (Fsp3) is 0.308. The van der Waals surface area contributed by atoms with Gasteiger partial charge in [0.15, 0.2) is 0 Å². The molecule has 0 saturated carbocycles. The average Bonchev–Trinajstić information content (AvgIpc) is 2.68. The third kappa shape index (κ3) is 2.91. The first kappa shape index (κ1) is 13.5. The number of hydrazine groups is 1. The minimum Gasteiger partial charge on any atom is -0.398 e. The molecule has 6 heteroatoms. The van der Waals surface area contributed by atoms with Crippen LogP contribution in [0.5, 0.6) is 0 Å². The summed E-state index contributed by atoms with van der Waals surface area (Å²) in [6.07, 6.45) is 0.585. The Morgan fingerprint density at radius 2 is 2.16 bits per heavy atom. The lowest BCUT2D eigenvalue weighted by atomic mass is 10.0. The molecular formula is C13H18FN5. The summed E-state index contributed by atoms with van der Waals surface area (Å²) in [5.41, 5.74) is 11.7. The molecule has 5 nitrogen and oxygen atoms in total. The summed E-state index contributed by atoms with van der Waals surface area (Å²) in [5.74, 6) is 5.24. The number of nitrogens with two attached hydrogens (primary N) is 2. The zero-order chi connectivity index (χ0) is 14.0. The van der Waals surface area contributed by atoms with Crippen LogP contribution in [0.3, 0.4) is 0 Å². The van der Waals surface area contributed by atoms with Gasteiger partial charge in [-0.3, -0.25) is 16.0 Å². The van der Waals surface area contributed by atoms with Crippen LogP contribution in [-0.2, 0) is 13.5 Å². The minimum absolute atomic E-state index is 0.259. The van der Waals surface area contributed by atoms with Gasteiger partial charge in [0.25, 0.3) is 0 Å². The standard InChI is InChI=1S/C13H18FN5/c1-8-5-10(19(2)18-8)7-13(17-16)11-6-9(14)3-4-12(11)15/h3-6,13,17H,7,15-16H2,1-2H3. The van der Waals surface area contributed by atoms with Crippen LogP contribution in [0.4, 0.5) is 10.1 Å². The molecular weight excluding hydrogens is 245 g/mol. The van der Waals surface area contributed by atoms with Crippen molar-refractivity contribution in [3.63, 3.8) is 0 Å². The Morgan fingerprint density at radius 1 is 1.42 bits per heavy atom. The van der Waals surface area contributed by atoms with Crippen LogP contribution in [-0.4, -0.2) is 9.78 Å². The molecule has 1 atom stereocenters. The molecule has 0 aliphatic carbocycles. The third-order valence-electron chi connectivity index (χ3n) is 3.14. The van der Waals surface area contributed by atoms with Gasteiger partial charge in [-0.25, -0.2) is 4.39 Å². The maximum Gasteiger partial charge on any atom is 0.123 e. The number of rotatable bonds is 4. The van der Waals surface area contributed by atoms with Crippen molar-refractivity contribution in [3.8, 4) is 0 Å². The molecule has 0 bridgehead atoms. The quantitative estimate of drug-likeness (QED) is 0.440. The van der Waals surface area contributed by atoms with Crippen molar-refractivity contribution in [2.75, 3.05) is 5.73 Å². The number of hydrogen-bond acceptors (Lipinski definition) is 4. The molecule has 0 saturated heterocycles. The van der Waals surface area contributed by atoms with Crippen molar-refractivity contribution in [2.24, 2.45) is 12.9 Å². The number of nitrogens with one attached hydrogen (secondary N) is 1. The van der Waals surface area contributed by atoms with E-state index in [0.717, 1.165) is 11.4 Å². The number of aryl methyl sites for hydroxylation is 2. The van der Waals surface area contributed by atoms with Gasteiger partial charge < -0.3 is 5.73 Å². The van der Waals surface area contributed by atoms with Gasteiger partial charge in [-0.05, 0) is 36.8 Å². The van der Waals surface area contributed by atoms with Crippen molar-refractivity contribution < 1.29 is 4.39 Å². The lowest BCUT2D eigenvalue weighted by molar-refractivity contribution is 0.526. The summed E-state index contributed by atoms with van der Waals surface area (Å²) in [6.45, 7) is 1.92. The Balaban J connectivity index is 2.30. The highest BCUT2D eigenvalue weighted by Crippen LogP contribution is 2.24. The first-order valence-electron chi connectivity index (χ1n) is 6.02. The Kier molecular flexibility index (Phi) is 3.82. The molecule has 1 unspecified atom stereocenters. The Morgan fingerprint density at radius 3 is 2.74 bits per heavy atom. The number of aromatic nitrogens is 2. The number of nitrogen functional groups attached to an aromatic ring is 1. The number of nitrogens with zero attached hydrogens (tertiary/aromatic N) is 2. The second-order valence-corrected chi connectivity index (χ2v) is 4.60. The molecule has 1 aromatic carbocycles. The molecule has 0 spiro atoms. The summed E-state index contributed by atoms with van der Waals surface area (Å²) in [4.78, 5) is 0. The fourth-order valence-corrected chi connectivity index (χ4v) is 2.17. The Bertz CT molecular complexity index is 578. The molecule has 5 N–H and O–H groups in total. The van der Waals surface area contributed by atoms with Gasteiger partial charge >= 0.3 is 0 Å². The monoisotopic (exact) mass is 263 g/mol. The van der Waals surface area contributed by atoms with E-state index in [1.165, 1.54) is 12.1 Å². The van der Waals surface area contributed by atoms with Crippen molar-refractivity contribution in [1.29, 1.82) is 0 Å². The zero-order valence-electron chi connectivity index (χ0n) is 11.0. The first-order valence-corrected chi connectivity index (χ1v) is 6.02. The summed E-state index contributed by atoms with van der Waals surface area (Å²) in [6, 6.07) is 6.00. The Hall–Kier alpha value is -1.92. The average molecular weight is 263 g/mol. The lowest BCUT2D eigenvalue weighted by Gasteiger charge is -2.18. The normalized spacial score (nSPS) is 12.6. The van der Waals surface area contributed by atoms with E-state index in [0.29, 0.717) is 17.7 Å². The van der Waals surface area contributed by atoms with E-state index in [1.807, 2.05) is 20.0 Å². The van der Waals surface area contributed by atoms with Gasteiger partial charge in [-0.1, -0.05) is 0 Å². The van der Waals surface area contributed by atoms with Crippen LogP contribution in [0.15, 0.2) is 24.3 Å². The number of benzene rings is 1. The highest BCUT2D eigenvalue weighted by atomic mass is 19.1. The highest BCUT2D eigenvalue weighted by Gasteiger charge is 2.16. The van der Waals surface area contributed by atoms with Crippen LogP contribution < -0.4 is 17.0 Å². The maximum atomic E-state index is 13.3. The van der Waals surface area contributed by atoms with Gasteiger partial charge in [0.1, 0.15) is 5.82 Å². The molecule has 1 heterocycles. The van der Waals surface area contributed by atoms with E-state index in [2.05, 4.69) is 10.5 Å². The summed E-state index contributed by atoms with van der Waals surface area (Å²) < 4.78 is 15.1. The van der Waals surface area contributed by atoms with Gasteiger partial charge in [0.2, 0.25) is 0 Å². The number of anilines is 1. The summed E-state index contributed by atoms with van der Waals surface area (Å²) in [7, 11) is 1.87. The minimum atomic E-state index is -0.328. The molecule has 2 rings (SSSR count). The summed E-state index contributed by atoms with van der Waals surface area (Å²) in [5, 5.41) is 4.27. The van der Waals surface area contributed by atoms with E-state index in [4.69, 9.17) is 11.6 Å². The van der Waals surface area contributed by atoms with Crippen LogP contribution in [0.25, 0.3) is 0 Å². The van der Waals surface area contributed by atoms with Gasteiger partial charge in [0.05, 0.1) is 11.7 Å². The third-order valence-corrected chi connectivity index (χ3v) is 3.14. The van der Waals surface area contributed by atoms with E-state index in [9.17, 15) is 4.39 Å². The second-order valence-electron chi connectivity index (χ2n) is 4.60. The zero-order valence-corrected chi connectivity index (χ0v) is 11.0. The van der Waals surface area contributed by atoms with Crippen molar-refractivity contribution in [3.05, 3.63) is 47.0 Å². The van der Waals surface area contributed by atoms with Crippen LogP contribution in [0, 0.1) is 12.7 Å². The lowest BCUT2D eigenvalue weighted by Crippen LogP contribution is -2.30. The predicted molar refractivity (Wildman–Crippen MR) is 72.5 cm³/mol. The largest absolute Gasteiger partial charge is 0.398 e. The van der Waals surface area contributed by atoms with Gasteiger partial charge in [0, 0.05) is 24.8 Å². The van der Waals surface area contributed by atoms with Gasteiger partial charge in [-0.2, -0.15) is 5.10 Å². The first-order chi connectivity index (χ1) is 9.01. The molecule has 102 valence electrons. The van der Waals surface area contributed by atoms with E-state index in [-0.39, 0.29) is 11.9 Å². The van der Waals surface area contributed by atoms with Gasteiger partial charge in [-0.15, -0.1) is 0 Å². The predicted octanol–water partition coefficient (Wildman–Crippen LogP) is 1.20. The molecule has 0 aliphatic rings. The fourth-order valence-electron chi connectivity index (χ4n) is 2.17. The second kappa shape index (κ2) is 5.38. The van der Waals surface area contributed by atoms with E-state index < -0.39 is 0 Å².